The molecule has 0 bridgehead atoms. The summed E-state index contributed by atoms with van der Waals surface area (Å²) in [5, 5.41) is 0. The summed E-state index contributed by atoms with van der Waals surface area (Å²) in [5.41, 5.74) is 2.83. The maximum atomic E-state index is 13.3. The molecule has 2 aromatic carbocycles. The van der Waals surface area contributed by atoms with E-state index in [1.807, 2.05) is 73.7 Å². The molecule has 3 aromatic rings. The van der Waals surface area contributed by atoms with E-state index in [2.05, 4.69) is 6.92 Å². The molecule has 0 saturated heterocycles. The molecule has 0 saturated carbocycles. The van der Waals surface area contributed by atoms with Gasteiger partial charge in [-0.25, -0.2) is 0 Å². The molecule has 3 rings (SSSR count). The molecule has 0 spiro atoms. The van der Waals surface area contributed by atoms with E-state index in [1.165, 1.54) is 5.56 Å². The molecule has 0 aliphatic carbocycles. The number of amides is 2. The predicted octanol–water partition coefficient (Wildman–Crippen LogP) is 4.92. The molecule has 1 heterocycles. The molecule has 31 heavy (non-hydrogen) atoms. The van der Waals surface area contributed by atoms with Crippen molar-refractivity contribution in [2.75, 3.05) is 13.1 Å². The summed E-state index contributed by atoms with van der Waals surface area (Å²) in [6.45, 7) is 5.48. The Morgan fingerprint density at radius 2 is 1.55 bits per heavy atom. The van der Waals surface area contributed by atoms with Gasteiger partial charge in [0.1, 0.15) is 12.3 Å². The summed E-state index contributed by atoms with van der Waals surface area (Å²) in [7, 11) is 0. The number of hydrogen-bond acceptors (Lipinski definition) is 3. The van der Waals surface area contributed by atoms with Crippen molar-refractivity contribution in [1.82, 2.24) is 9.80 Å². The van der Waals surface area contributed by atoms with Crippen LogP contribution in [0.15, 0.2) is 77.4 Å². The van der Waals surface area contributed by atoms with Crippen molar-refractivity contribution in [2.45, 2.75) is 39.8 Å². The minimum atomic E-state index is -0.115. The lowest BCUT2D eigenvalue weighted by Gasteiger charge is -2.27. The summed E-state index contributed by atoms with van der Waals surface area (Å²) in [6.07, 6.45) is 3.31. The van der Waals surface area contributed by atoms with Crippen molar-refractivity contribution in [1.29, 1.82) is 0 Å². The van der Waals surface area contributed by atoms with Crippen LogP contribution in [0, 0.1) is 0 Å². The first kappa shape index (κ1) is 22.3. The second-order valence-electron chi connectivity index (χ2n) is 7.59. The van der Waals surface area contributed by atoms with Gasteiger partial charge in [0.2, 0.25) is 5.91 Å². The normalized spacial score (nSPS) is 10.6. The van der Waals surface area contributed by atoms with Crippen LogP contribution in [0.5, 0.6) is 0 Å². The van der Waals surface area contributed by atoms with Gasteiger partial charge in [-0.2, -0.15) is 0 Å². The van der Waals surface area contributed by atoms with Crippen LogP contribution >= 0.6 is 0 Å². The number of aryl methyl sites for hydroxylation is 1. The van der Waals surface area contributed by atoms with Crippen molar-refractivity contribution >= 4 is 11.8 Å². The lowest BCUT2D eigenvalue weighted by atomic mass is 10.1. The van der Waals surface area contributed by atoms with Crippen molar-refractivity contribution in [2.24, 2.45) is 0 Å². The molecular weight excluding hydrogens is 388 g/mol. The standard InChI is InChI=1S/C26H30N2O3/c1-3-16-27(26(30)23-14-12-21(4-2)13-15-23)20-25(29)28(19-24-11-8-17-31-24)18-22-9-6-5-7-10-22/h5-15,17H,3-4,16,18-20H2,1-2H3. The van der Waals surface area contributed by atoms with Gasteiger partial charge >= 0.3 is 0 Å². The fraction of sp³-hybridized carbons (Fsp3) is 0.308. The lowest BCUT2D eigenvalue weighted by molar-refractivity contribution is -0.133. The van der Waals surface area contributed by atoms with E-state index in [0.29, 0.717) is 31.0 Å². The molecule has 0 unspecified atom stereocenters. The maximum Gasteiger partial charge on any atom is 0.254 e. The summed E-state index contributed by atoms with van der Waals surface area (Å²) in [6, 6.07) is 21.2. The minimum absolute atomic E-state index is 0.0374. The SMILES string of the molecule is CCCN(CC(=O)N(Cc1ccccc1)Cc1ccco1)C(=O)c1ccc(CC)cc1. The number of carbonyl (C=O) groups is 2. The smallest absolute Gasteiger partial charge is 0.254 e. The molecule has 0 aliphatic heterocycles. The van der Waals surface area contributed by atoms with Crippen molar-refractivity contribution in [3.8, 4) is 0 Å². The van der Waals surface area contributed by atoms with Crippen LogP contribution in [0.2, 0.25) is 0 Å². The summed E-state index contributed by atoms with van der Waals surface area (Å²) in [5.74, 6) is 0.496. The Labute approximate surface area is 184 Å². The molecule has 162 valence electrons. The average Bonchev–Trinajstić information content (AvgIpc) is 3.32. The summed E-state index contributed by atoms with van der Waals surface area (Å²) < 4.78 is 5.47. The topological polar surface area (TPSA) is 53.8 Å². The van der Waals surface area contributed by atoms with Gasteiger partial charge in [-0.1, -0.05) is 56.3 Å². The third-order valence-corrected chi connectivity index (χ3v) is 5.21. The average molecular weight is 419 g/mol. The number of benzene rings is 2. The highest BCUT2D eigenvalue weighted by Gasteiger charge is 2.23. The zero-order chi connectivity index (χ0) is 22.1. The van der Waals surface area contributed by atoms with Gasteiger partial charge in [0.05, 0.1) is 12.8 Å². The van der Waals surface area contributed by atoms with Gasteiger partial charge in [-0.05, 0) is 48.2 Å². The first-order valence-electron chi connectivity index (χ1n) is 10.8. The van der Waals surface area contributed by atoms with Gasteiger partial charge < -0.3 is 14.2 Å². The monoisotopic (exact) mass is 418 g/mol. The first-order chi connectivity index (χ1) is 15.1. The molecule has 0 radical (unpaired) electrons. The number of rotatable bonds is 10. The fourth-order valence-corrected chi connectivity index (χ4v) is 3.48. The van der Waals surface area contributed by atoms with E-state index in [0.717, 1.165) is 18.4 Å². The molecule has 0 N–H and O–H groups in total. The largest absolute Gasteiger partial charge is 0.467 e. The molecule has 0 atom stereocenters. The second-order valence-corrected chi connectivity index (χ2v) is 7.59. The van der Waals surface area contributed by atoms with Gasteiger partial charge in [-0.15, -0.1) is 0 Å². The molecule has 5 nitrogen and oxygen atoms in total. The Bertz CT molecular complexity index is 950. The van der Waals surface area contributed by atoms with Crippen molar-refractivity contribution < 1.29 is 14.0 Å². The lowest BCUT2D eigenvalue weighted by Crippen LogP contribution is -2.42. The molecule has 2 amide bonds. The van der Waals surface area contributed by atoms with Crippen LogP contribution in [0.1, 0.15) is 47.5 Å². The van der Waals surface area contributed by atoms with Crippen LogP contribution in [0.25, 0.3) is 0 Å². The number of carbonyl (C=O) groups excluding carboxylic acids is 2. The fourth-order valence-electron chi connectivity index (χ4n) is 3.48. The van der Waals surface area contributed by atoms with E-state index >= 15 is 0 Å². The zero-order valence-corrected chi connectivity index (χ0v) is 18.3. The van der Waals surface area contributed by atoms with Gasteiger partial charge in [-0.3, -0.25) is 9.59 Å². The van der Waals surface area contributed by atoms with Gasteiger partial charge in [0.25, 0.3) is 5.91 Å². The van der Waals surface area contributed by atoms with Crippen molar-refractivity contribution in [3.63, 3.8) is 0 Å². The van der Waals surface area contributed by atoms with Crippen molar-refractivity contribution in [3.05, 3.63) is 95.4 Å². The second kappa shape index (κ2) is 11.2. The molecular formula is C26H30N2O3. The Hall–Kier alpha value is -3.34. The Morgan fingerprint density at radius 3 is 2.16 bits per heavy atom. The molecule has 0 aliphatic rings. The molecule has 1 aromatic heterocycles. The van der Waals surface area contributed by atoms with E-state index in [4.69, 9.17) is 4.42 Å². The van der Waals surface area contributed by atoms with Crippen LogP contribution < -0.4 is 0 Å². The Balaban J connectivity index is 1.76. The predicted molar refractivity (Wildman–Crippen MR) is 121 cm³/mol. The Morgan fingerprint density at radius 1 is 0.806 bits per heavy atom. The molecule has 5 heteroatoms. The quantitative estimate of drug-likeness (QED) is 0.469. The number of furan rings is 1. The highest BCUT2D eigenvalue weighted by molar-refractivity contribution is 5.96. The van der Waals surface area contributed by atoms with E-state index < -0.39 is 0 Å². The third-order valence-electron chi connectivity index (χ3n) is 5.21. The van der Waals surface area contributed by atoms with Gasteiger partial charge in [0.15, 0.2) is 0 Å². The maximum absolute atomic E-state index is 13.3. The van der Waals surface area contributed by atoms with Crippen LogP contribution in [-0.2, 0) is 24.3 Å². The van der Waals surface area contributed by atoms with Gasteiger partial charge in [0, 0.05) is 18.7 Å². The Kier molecular flexibility index (Phi) is 8.05. The van der Waals surface area contributed by atoms with Crippen LogP contribution in [0.3, 0.4) is 0 Å². The highest BCUT2D eigenvalue weighted by atomic mass is 16.3. The van der Waals surface area contributed by atoms with E-state index in [1.54, 1.807) is 16.1 Å². The summed E-state index contributed by atoms with van der Waals surface area (Å²) >= 11 is 0. The number of nitrogens with zero attached hydrogens (tertiary/aromatic N) is 2. The van der Waals surface area contributed by atoms with Crippen LogP contribution in [0.4, 0.5) is 0 Å². The zero-order valence-electron chi connectivity index (χ0n) is 18.3. The van der Waals surface area contributed by atoms with E-state index in [-0.39, 0.29) is 18.4 Å². The minimum Gasteiger partial charge on any atom is -0.467 e. The third kappa shape index (κ3) is 6.32. The first-order valence-corrected chi connectivity index (χ1v) is 10.8. The van der Waals surface area contributed by atoms with Crippen LogP contribution in [-0.4, -0.2) is 34.7 Å². The number of hydrogen-bond donors (Lipinski definition) is 0. The molecule has 0 fully saturated rings. The summed E-state index contributed by atoms with van der Waals surface area (Å²) in [4.78, 5) is 29.8. The highest BCUT2D eigenvalue weighted by Crippen LogP contribution is 2.14. The van der Waals surface area contributed by atoms with E-state index in [9.17, 15) is 9.59 Å².